The number of primary sulfonamides is 1. The molecule has 0 unspecified atom stereocenters. The van der Waals surface area contributed by atoms with Gasteiger partial charge in [-0.3, -0.25) is 4.79 Å². The summed E-state index contributed by atoms with van der Waals surface area (Å²) in [5, 5.41) is 7.54. The van der Waals surface area contributed by atoms with E-state index in [-0.39, 0.29) is 10.5 Å². The predicted octanol–water partition coefficient (Wildman–Crippen LogP) is 1.16. The van der Waals surface area contributed by atoms with E-state index in [0.29, 0.717) is 22.9 Å². The number of carbonyl (C=O) groups excluding carboxylic acids is 2. The first-order valence-corrected chi connectivity index (χ1v) is 9.64. The Bertz CT molecular complexity index is 978. The standard InChI is InChI=1S/C18H20N2O8S/c1-25-14-8-12(9-15(26-2)17(14)27-3)20-16(21)10-28-18(22)11-4-6-13(7-5-11)29(19,23)24/h4-9H,10H2,1-3H3,(H,20,21)(H2,19,23,24). The van der Waals surface area contributed by atoms with Crippen LogP contribution in [0.3, 0.4) is 0 Å². The summed E-state index contributed by atoms with van der Waals surface area (Å²) in [4.78, 5) is 24.0. The third kappa shape index (κ3) is 5.59. The van der Waals surface area contributed by atoms with Gasteiger partial charge in [0.15, 0.2) is 18.1 Å². The van der Waals surface area contributed by atoms with Gasteiger partial charge in [-0.25, -0.2) is 18.4 Å². The summed E-state index contributed by atoms with van der Waals surface area (Å²) in [5.74, 6) is -0.356. The monoisotopic (exact) mass is 424 g/mol. The van der Waals surface area contributed by atoms with E-state index >= 15 is 0 Å². The van der Waals surface area contributed by atoms with Crippen LogP contribution in [0.15, 0.2) is 41.3 Å². The fourth-order valence-corrected chi connectivity index (χ4v) is 2.86. The zero-order valence-corrected chi connectivity index (χ0v) is 16.7. The molecule has 10 nitrogen and oxygen atoms in total. The SMILES string of the molecule is COc1cc(NC(=O)COC(=O)c2ccc(S(N)(=O)=O)cc2)cc(OC)c1OC. The Balaban J connectivity index is 2.02. The first-order valence-electron chi connectivity index (χ1n) is 8.09. The van der Waals surface area contributed by atoms with Gasteiger partial charge in [0.25, 0.3) is 5.91 Å². The lowest BCUT2D eigenvalue weighted by Crippen LogP contribution is -2.21. The van der Waals surface area contributed by atoms with Crippen LogP contribution in [0.4, 0.5) is 5.69 Å². The van der Waals surface area contributed by atoms with Crippen LogP contribution in [0.5, 0.6) is 17.2 Å². The molecule has 0 spiro atoms. The van der Waals surface area contributed by atoms with Crippen LogP contribution in [0.1, 0.15) is 10.4 Å². The molecular weight excluding hydrogens is 404 g/mol. The first-order chi connectivity index (χ1) is 13.7. The molecule has 0 saturated heterocycles. The number of hydrogen-bond acceptors (Lipinski definition) is 8. The highest BCUT2D eigenvalue weighted by molar-refractivity contribution is 7.89. The molecule has 1 amide bonds. The number of hydrogen-bond donors (Lipinski definition) is 2. The molecule has 0 heterocycles. The van der Waals surface area contributed by atoms with Gasteiger partial charge in [-0.15, -0.1) is 0 Å². The van der Waals surface area contributed by atoms with Gasteiger partial charge in [0.2, 0.25) is 15.8 Å². The number of nitrogens with one attached hydrogen (secondary N) is 1. The number of carbonyl (C=O) groups is 2. The molecule has 0 atom stereocenters. The molecule has 2 aromatic rings. The van der Waals surface area contributed by atoms with Crippen LogP contribution >= 0.6 is 0 Å². The molecule has 0 saturated carbocycles. The fourth-order valence-electron chi connectivity index (χ4n) is 2.35. The molecule has 3 N–H and O–H groups in total. The molecular formula is C18H20N2O8S. The van der Waals surface area contributed by atoms with Crippen molar-refractivity contribution < 1.29 is 37.0 Å². The molecule has 2 aromatic carbocycles. The second kappa shape index (κ2) is 9.26. The second-order valence-corrected chi connectivity index (χ2v) is 7.17. The number of nitrogens with two attached hydrogens (primary N) is 1. The van der Waals surface area contributed by atoms with E-state index in [1.807, 2.05) is 0 Å². The summed E-state index contributed by atoms with van der Waals surface area (Å²) in [6.45, 7) is -0.563. The average molecular weight is 424 g/mol. The number of ether oxygens (including phenoxy) is 4. The van der Waals surface area contributed by atoms with Crippen molar-refractivity contribution in [2.75, 3.05) is 33.3 Å². The van der Waals surface area contributed by atoms with E-state index in [1.54, 1.807) is 0 Å². The third-order valence-corrected chi connectivity index (χ3v) is 4.63. The smallest absolute Gasteiger partial charge is 0.338 e. The molecule has 2 rings (SSSR count). The summed E-state index contributed by atoms with van der Waals surface area (Å²) >= 11 is 0. The zero-order chi connectivity index (χ0) is 21.6. The molecule has 0 aliphatic rings. The van der Waals surface area contributed by atoms with Gasteiger partial charge in [-0.05, 0) is 24.3 Å². The van der Waals surface area contributed by atoms with E-state index in [1.165, 1.54) is 57.7 Å². The van der Waals surface area contributed by atoms with Gasteiger partial charge in [0.05, 0.1) is 31.8 Å². The van der Waals surface area contributed by atoms with Gasteiger partial charge in [0.1, 0.15) is 0 Å². The summed E-state index contributed by atoms with van der Waals surface area (Å²) < 4.78 is 43.0. The highest BCUT2D eigenvalue weighted by Gasteiger charge is 2.16. The maximum atomic E-state index is 12.1. The van der Waals surface area contributed by atoms with E-state index < -0.39 is 28.5 Å². The minimum absolute atomic E-state index is 0.0676. The second-order valence-electron chi connectivity index (χ2n) is 5.61. The average Bonchev–Trinajstić information content (AvgIpc) is 2.70. The Morgan fingerprint density at radius 2 is 1.52 bits per heavy atom. The van der Waals surface area contributed by atoms with Crippen molar-refractivity contribution in [3.05, 3.63) is 42.0 Å². The third-order valence-electron chi connectivity index (χ3n) is 3.70. The van der Waals surface area contributed by atoms with Gasteiger partial charge < -0.3 is 24.3 Å². The maximum Gasteiger partial charge on any atom is 0.338 e. The Morgan fingerprint density at radius 3 is 1.97 bits per heavy atom. The van der Waals surface area contributed by atoms with Crippen LogP contribution < -0.4 is 24.7 Å². The lowest BCUT2D eigenvalue weighted by atomic mass is 10.2. The first kappa shape index (κ1) is 22.0. The maximum absolute atomic E-state index is 12.1. The summed E-state index contributed by atoms with van der Waals surface area (Å²) in [7, 11) is 0.457. The lowest BCUT2D eigenvalue weighted by Gasteiger charge is -2.14. The zero-order valence-electron chi connectivity index (χ0n) is 15.9. The van der Waals surface area contributed by atoms with Crippen molar-refractivity contribution in [2.24, 2.45) is 5.14 Å². The number of sulfonamides is 1. The van der Waals surface area contributed by atoms with Crippen LogP contribution in [-0.4, -0.2) is 48.2 Å². The summed E-state index contributed by atoms with van der Waals surface area (Å²) in [5.41, 5.74) is 0.413. The van der Waals surface area contributed by atoms with Crippen molar-refractivity contribution in [2.45, 2.75) is 4.90 Å². The van der Waals surface area contributed by atoms with E-state index in [4.69, 9.17) is 24.1 Å². The van der Waals surface area contributed by atoms with Crippen LogP contribution in [-0.2, 0) is 19.6 Å². The van der Waals surface area contributed by atoms with Crippen molar-refractivity contribution in [3.8, 4) is 17.2 Å². The van der Waals surface area contributed by atoms with Crippen LogP contribution in [0, 0.1) is 0 Å². The van der Waals surface area contributed by atoms with Crippen molar-refractivity contribution in [3.63, 3.8) is 0 Å². The number of rotatable bonds is 8. The van der Waals surface area contributed by atoms with Gasteiger partial charge in [-0.2, -0.15) is 0 Å². The normalized spacial score (nSPS) is 10.8. The fraction of sp³-hybridized carbons (Fsp3) is 0.222. The summed E-state index contributed by atoms with van der Waals surface area (Å²) in [6.07, 6.45) is 0. The Kier molecular flexibility index (Phi) is 7.02. The van der Waals surface area contributed by atoms with Crippen molar-refractivity contribution in [1.82, 2.24) is 0 Å². The molecule has 156 valence electrons. The highest BCUT2D eigenvalue weighted by atomic mass is 32.2. The van der Waals surface area contributed by atoms with E-state index in [2.05, 4.69) is 5.32 Å². The molecule has 0 aromatic heterocycles. The minimum Gasteiger partial charge on any atom is -0.493 e. The number of benzene rings is 2. The Hall–Kier alpha value is -3.31. The van der Waals surface area contributed by atoms with E-state index in [0.717, 1.165) is 0 Å². The molecule has 0 radical (unpaired) electrons. The summed E-state index contributed by atoms with van der Waals surface area (Å²) in [6, 6.07) is 7.85. The van der Waals surface area contributed by atoms with Crippen LogP contribution in [0.2, 0.25) is 0 Å². The van der Waals surface area contributed by atoms with Crippen LogP contribution in [0.25, 0.3) is 0 Å². The quantitative estimate of drug-likeness (QED) is 0.601. The van der Waals surface area contributed by atoms with Gasteiger partial charge in [0, 0.05) is 17.8 Å². The number of anilines is 1. The largest absolute Gasteiger partial charge is 0.493 e. The number of esters is 1. The lowest BCUT2D eigenvalue weighted by molar-refractivity contribution is -0.119. The van der Waals surface area contributed by atoms with Gasteiger partial charge >= 0.3 is 5.97 Å². The van der Waals surface area contributed by atoms with Gasteiger partial charge in [-0.1, -0.05) is 0 Å². The molecule has 29 heavy (non-hydrogen) atoms. The Morgan fingerprint density at radius 1 is 0.966 bits per heavy atom. The highest BCUT2D eigenvalue weighted by Crippen LogP contribution is 2.39. The molecule has 0 bridgehead atoms. The molecule has 0 fully saturated rings. The molecule has 0 aliphatic heterocycles. The Labute approximate surface area is 167 Å². The number of methoxy groups -OCH3 is 3. The molecule has 11 heteroatoms. The van der Waals surface area contributed by atoms with E-state index in [9.17, 15) is 18.0 Å². The van der Waals surface area contributed by atoms with Crippen molar-refractivity contribution >= 4 is 27.6 Å². The number of amides is 1. The predicted molar refractivity (Wildman–Crippen MR) is 103 cm³/mol. The van der Waals surface area contributed by atoms with Crippen molar-refractivity contribution in [1.29, 1.82) is 0 Å². The topological polar surface area (TPSA) is 143 Å². The minimum atomic E-state index is -3.87. The molecule has 0 aliphatic carbocycles.